The second kappa shape index (κ2) is 11.2. The highest BCUT2D eigenvalue weighted by Gasteiger charge is 2.30. The van der Waals surface area contributed by atoms with Crippen molar-refractivity contribution in [1.82, 2.24) is 10.2 Å². The summed E-state index contributed by atoms with van der Waals surface area (Å²) in [4.78, 5) is 15.3. The van der Waals surface area contributed by atoms with Crippen LogP contribution in [0.15, 0.2) is 12.1 Å². The van der Waals surface area contributed by atoms with Crippen molar-refractivity contribution in [3.8, 4) is 17.6 Å². The number of carbonyl (C=O) groups excluding carboxylic acids is 1. The molecule has 8 heteroatoms. The molecule has 2 heterocycles. The number of carbonyl (C=O) groups is 1. The molecule has 1 amide bonds. The minimum Gasteiger partial charge on any atom is -0.489 e. The van der Waals surface area contributed by atoms with E-state index < -0.39 is 0 Å². The molecule has 0 radical (unpaired) electrons. The monoisotopic (exact) mass is 417 g/mol. The van der Waals surface area contributed by atoms with Gasteiger partial charge in [-0.05, 0) is 25.5 Å². The van der Waals surface area contributed by atoms with E-state index in [2.05, 4.69) is 16.3 Å². The number of fused-ring (bicyclic) bond motifs is 1. The molecular formula is C22H31N3O5. The van der Waals surface area contributed by atoms with Crippen LogP contribution in [-0.4, -0.2) is 77.1 Å². The first-order valence-electron chi connectivity index (χ1n) is 10.5. The first-order valence-corrected chi connectivity index (χ1v) is 10.5. The zero-order valence-electron chi connectivity index (χ0n) is 17.8. The van der Waals surface area contributed by atoms with Crippen LogP contribution in [0.1, 0.15) is 35.2 Å². The third-order valence-electron chi connectivity index (χ3n) is 5.65. The van der Waals surface area contributed by atoms with Crippen molar-refractivity contribution in [2.24, 2.45) is 5.92 Å². The van der Waals surface area contributed by atoms with E-state index in [0.717, 1.165) is 45.5 Å². The number of hydrogen-bond donors (Lipinski definition) is 1. The number of benzene rings is 1. The first kappa shape index (κ1) is 22.3. The zero-order chi connectivity index (χ0) is 21.3. The van der Waals surface area contributed by atoms with E-state index in [1.165, 1.54) is 0 Å². The molecule has 8 nitrogen and oxygen atoms in total. The molecular weight excluding hydrogens is 386 g/mol. The van der Waals surface area contributed by atoms with Gasteiger partial charge in [0.1, 0.15) is 0 Å². The van der Waals surface area contributed by atoms with Crippen LogP contribution < -0.4 is 14.8 Å². The van der Waals surface area contributed by atoms with Crippen LogP contribution >= 0.6 is 0 Å². The van der Waals surface area contributed by atoms with Crippen LogP contribution in [0.3, 0.4) is 0 Å². The van der Waals surface area contributed by atoms with Crippen molar-refractivity contribution >= 4 is 5.91 Å². The predicted octanol–water partition coefficient (Wildman–Crippen LogP) is 1.82. The van der Waals surface area contributed by atoms with E-state index in [0.29, 0.717) is 42.4 Å². The number of methoxy groups -OCH3 is 2. The normalized spacial score (nSPS) is 21.5. The van der Waals surface area contributed by atoms with Crippen LogP contribution in [0.5, 0.6) is 11.5 Å². The van der Waals surface area contributed by atoms with E-state index in [-0.39, 0.29) is 17.9 Å². The second-order valence-corrected chi connectivity index (χ2v) is 7.69. The molecule has 1 N–H and O–H groups in total. The third-order valence-corrected chi connectivity index (χ3v) is 5.65. The van der Waals surface area contributed by atoms with Gasteiger partial charge in [0, 0.05) is 58.9 Å². The van der Waals surface area contributed by atoms with E-state index in [1.807, 2.05) is 0 Å². The molecule has 2 atom stereocenters. The first-order chi connectivity index (χ1) is 14.7. The number of rotatable bonds is 8. The van der Waals surface area contributed by atoms with Crippen LogP contribution in [0.4, 0.5) is 0 Å². The number of ether oxygens (including phenoxy) is 4. The molecule has 3 rings (SSSR count). The quantitative estimate of drug-likeness (QED) is 0.645. The molecule has 0 unspecified atom stereocenters. The fraction of sp³-hybridized carbons (Fsp3) is 0.636. The van der Waals surface area contributed by atoms with Gasteiger partial charge in [-0.3, -0.25) is 4.79 Å². The number of likely N-dealkylation sites (tertiary alicyclic amines) is 1. The maximum Gasteiger partial charge on any atom is 0.255 e. The molecule has 1 fully saturated rings. The highest BCUT2D eigenvalue weighted by Crippen LogP contribution is 2.35. The van der Waals surface area contributed by atoms with Crippen molar-refractivity contribution in [2.75, 3.05) is 60.2 Å². The average molecular weight is 418 g/mol. The molecule has 0 bridgehead atoms. The Labute approximate surface area is 178 Å². The largest absolute Gasteiger partial charge is 0.489 e. The third kappa shape index (κ3) is 5.63. The van der Waals surface area contributed by atoms with Gasteiger partial charge in [0.2, 0.25) is 0 Å². The molecule has 0 saturated carbocycles. The Hall–Kier alpha value is -2.34. The highest BCUT2D eigenvalue weighted by molar-refractivity contribution is 5.98. The number of amides is 1. The van der Waals surface area contributed by atoms with E-state index in [4.69, 9.17) is 18.9 Å². The van der Waals surface area contributed by atoms with Crippen LogP contribution in [-0.2, 0) is 9.47 Å². The molecule has 1 saturated heterocycles. The molecule has 0 spiro atoms. The van der Waals surface area contributed by atoms with Crippen molar-refractivity contribution in [3.63, 3.8) is 0 Å². The van der Waals surface area contributed by atoms with Gasteiger partial charge in [0.15, 0.2) is 11.5 Å². The molecule has 2 aliphatic heterocycles. The molecule has 1 aromatic rings. The van der Waals surface area contributed by atoms with E-state index in [9.17, 15) is 10.1 Å². The minimum absolute atomic E-state index is 0.0590. The summed E-state index contributed by atoms with van der Waals surface area (Å²) in [5, 5.41) is 12.3. The van der Waals surface area contributed by atoms with Crippen LogP contribution in [0.2, 0.25) is 0 Å². The molecule has 2 aliphatic rings. The fourth-order valence-corrected chi connectivity index (χ4v) is 3.99. The van der Waals surface area contributed by atoms with E-state index in [1.54, 1.807) is 26.4 Å². The smallest absolute Gasteiger partial charge is 0.255 e. The molecule has 30 heavy (non-hydrogen) atoms. The summed E-state index contributed by atoms with van der Waals surface area (Å²) < 4.78 is 22.3. The summed E-state index contributed by atoms with van der Waals surface area (Å²) in [7, 11) is 3.44. The summed E-state index contributed by atoms with van der Waals surface area (Å²) >= 11 is 0. The van der Waals surface area contributed by atoms with Crippen molar-refractivity contribution in [3.05, 3.63) is 23.3 Å². The molecule has 0 aromatic heterocycles. The van der Waals surface area contributed by atoms with Gasteiger partial charge in [-0.1, -0.05) is 0 Å². The van der Waals surface area contributed by atoms with Gasteiger partial charge in [-0.2, -0.15) is 5.26 Å². The lowest BCUT2D eigenvalue weighted by Gasteiger charge is -2.37. The summed E-state index contributed by atoms with van der Waals surface area (Å²) in [5.41, 5.74) is 0.723. The SMILES string of the molecule is COCCCN1CC[C@@H](CNC(=O)c2cc(C#N)cc3c2OCCCO3)[C@H](OC)C1. The van der Waals surface area contributed by atoms with Crippen molar-refractivity contribution < 1.29 is 23.7 Å². The number of piperidine rings is 1. The maximum absolute atomic E-state index is 13.0. The lowest BCUT2D eigenvalue weighted by molar-refractivity contribution is -0.0121. The Kier molecular flexibility index (Phi) is 8.31. The molecule has 1 aromatic carbocycles. The lowest BCUT2D eigenvalue weighted by Crippen LogP contribution is -2.48. The molecule has 164 valence electrons. The Balaban J connectivity index is 1.62. The lowest BCUT2D eigenvalue weighted by atomic mass is 9.93. The summed E-state index contributed by atoms with van der Waals surface area (Å²) in [6.07, 6.45) is 2.73. The van der Waals surface area contributed by atoms with Gasteiger partial charge in [0.25, 0.3) is 5.91 Å². The molecule has 0 aliphatic carbocycles. The number of hydrogen-bond acceptors (Lipinski definition) is 7. The second-order valence-electron chi connectivity index (χ2n) is 7.69. The fourth-order valence-electron chi connectivity index (χ4n) is 3.99. The van der Waals surface area contributed by atoms with Gasteiger partial charge in [-0.15, -0.1) is 0 Å². The Bertz CT molecular complexity index is 764. The number of nitriles is 1. The topological polar surface area (TPSA) is 93.1 Å². The van der Waals surface area contributed by atoms with Crippen LogP contribution in [0, 0.1) is 17.2 Å². The Morgan fingerprint density at radius 2 is 2.17 bits per heavy atom. The zero-order valence-corrected chi connectivity index (χ0v) is 17.8. The Morgan fingerprint density at radius 3 is 2.93 bits per heavy atom. The van der Waals surface area contributed by atoms with Gasteiger partial charge < -0.3 is 29.2 Å². The van der Waals surface area contributed by atoms with Crippen molar-refractivity contribution in [1.29, 1.82) is 5.26 Å². The van der Waals surface area contributed by atoms with Crippen LogP contribution in [0.25, 0.3) is 0 Å². The van der Waals surface area contributed by atoms with E-state index >= 15 is 0 Å². The number of nitrogens with one attached hydrogen (secondary N) is 1. The Morgan fingerprint density at radius 1 is 1.33 bits per heavy atom. The summed E-state index contributed by atoms with van der Waals surface area (Å²) in [6, 6.07) is 5.28. The minimum atomic E-state index is -0.258. The maximum atomic E-state index is 13.0. The summed E-state index contributed by atoms with van der Waals surface area (Å²) in [5.74, 6) is 0.842. The van der Waals surface area contributed by atoms with Gasteiger partial charge in [-0.25, -0.2) is 0 Å². The van der Waals surface area contributed by atoms with Gasteiger partial charge in [0.05, 0.1) is 36.5 Å². The van der Waals surface area contributed by atoms with Crippen molar-refractivity contribution in [2.45, 2.75) is 25.4 Å². The number of nitrogens with zero attached hydrogens (tertiary/aromatic N) is 2. The standard InChI is InChI=1S/C22H31N3O5/c1-27-8-3-6-25-7-5-17(20(15-25)28-2)14-24-22(26)18-11-16(13-23)12-19-21(18)30-10-4-9-29-19/h11-12,17,20H,3-10,14-15H2,1-2H3,(H,24,26)/t17-,20+/m0/s1. The highest BCUT2D eigenvalue weighted by atomic mass is 16.5. The predicted molar refractivity (Wildman–Crippen MR) is 111 cm³/mol. The summed E-state index contributed by atoms with van der Waals surface area (Å²) in [6.45, 7) is 5.05. The average Bonchev–Trinajstić information content (AvgIpc) is 3.02. The van der Waals surface area contributed by atoms with Gasteiger partial charge >= 0.3 is 0 Å².